The number of halogens is 1. The summed E-state index contributed by atoms with van der Waals surface area (Å²) in [5, 5.41) is 0.337. The number of rotatable bonds is 6. The molecule has 32 heavy (non-hydrogen) atoms. The van der Waals surface area contributed by atoms with E-state index in [4.69, 9.17) is 19.7 Å². The van der Waals surface area contributed by atoms with Gasteiger partial charge in [-0.1, -0.05) is 24.3 Å². The second-order valence-corrected chi connectivity index (χ2v) is 7.54. The molecule has 3 aromatic heterocycles. The van der Waals surface area contributed by atoms with Crippen LogP contribution in [0.25, 0.3) is 38.9 Å². The van der Waals surface area contributed by atoms with Crippen molar-refractivity contribution in [3.63, 3.8) is 0 Å². The number of nitrogens with zero attached hydrogens (tertiary/aromatic N) is 5. The first-order valence-corrected chi connectivity index (χ1v) is 10.6. The van der Waals surface area contributed by atoms with Crippen molar-refractivity contribution >= 4 is 33.2 Å². The number of aryl methyl sites for hydroxylation is 1. The van der Waals surface area contributed by atoms with E-state index in [-0.39, 0.29) is 11.2 Å². The van der Waals surface area contributed by atoms with Gasteiger partial charge in [0, 0.05) is 19.8 Å². The van der Waals surface area contributed by atoms with E-state index < -0.39 is 5.82 Å². The van der Waals surface area contributed by atoms with E-state index in [0.29, 0.717) is 65.2 Å². The summed E-state index contributed by atoms with van der Waals surface area (Å²) in [5.41, 5.74) is 2.55. The molecule has 0 aliphatic heterocycles. The number of aromatic nitrogens is 5. The lowest BCUT2D eigenvalue weighted by Gasteiger charge is -2.11. The van der Waals surface area contributed by atoms with E-state index in [1.54, 1.807) is 34.3 Å². The number of hydrogen-bond donors (Lipinski definition) is 0. The molecule has 0 unspecified atom stereocenters. The van der Waals surface area contributed by atoms with Gasteiger partial charge in [-0.2, -0.15) is 0 Å². The zero-order valence-corrected chi connectivity index (χ0v) is 17.9. The Labute approximate surface area is 183 Å². The van der Waals surface area contributed by atoms with Crippen LogP contribution in [0.4, 0.5) is 4.39 Å². The highest BCUT2D eigenvalue weighted by Gasteiger charge is 2.23. The molecule has 0 aliphatic rings. The second-order valence-electron chi connectivity index (χ2n) is 7.54. The smallest absolute Gasteiger partial charge is 0.265 e. The number of fused-ring (bicyclic) bond motifs is 4. The third-order valence-electron chi connectivity index (χ3n) is 5.52. The molecule has 162 valence electrons. The van der Waals surface area contributed by atoms with Crippen LogP contribution in [0.15, 0.2) is 53.3 Å². The van der Waals surface area contributed by atoms with Gasteiger partial charge in [-0.15, -0.1) is 0 Å². The summed E-state index contributed by atoms with van der Waals surface area (Å²) in [6.45, 7) is 5.38. The number of benzene rings is 2. The van der Waals surface area contributed by atoms with E-state index in [9.17, 15) is 9.18 Å². The van der Waals surface area contributed by atoms with Crippen LogP contribution in [-0.4, -0.2) is 37.3 Å². The van der Waals surface area contributed by atoms with E-state index in [0.717, 1.165) is 0 Å². The van der Waals surface area contributed by atoms with Crippen molar-refractivity contribution in [3.05, 3.63) is 70.5 Å². The molecule has 0 spiro atoms. The topological polar surface area (TPSA) is 74.8 Å². The van der Waals surface area contributed by atoms with Crippen LogP contribution in [-0.2, 0) is 11.3 Å². The van der Waals surface area contributed by atoms with E-state index in [1.807, 2.05) is 31.2 Å². The molecular weight excluding hydrogens is 409 g/mol. The molecule has 5 aromatic rings. The van der Waals surface area contributed by atoms with Gasteiger partial charge in [0.1, 0.15) is 22.5 Å². The monoisotopic (exact) mass is 431 g/mol. The maximum Gasteiger partial charge on any atom is 0.265 e. The molecule has 7 nitrogen and oxygen atoms in total. The molecule has 0 saturated carbocycles. The maximum atomic E-state index is 14.8. The Kier molecular flexibility index (Phi) is 5.14. The Hall–Kier alpha value is -3.65. The van der Waals surface area contributed by atoms with E-state index in [1.165, 1.54) is 6.07 Å². The fourth-order valence-electron chi connectivity index (χ4n) is 4.02. The van der Waals surface area contributed by atoms with Crippen LogP contribution in [0.1, 0.15) is 19.2 Å². The molecule has 0 fully saturated rings. The summed E-state index contributed by atoms with van der Waals surface area (Å²) in [6, 6.07) is 13.8. The third kappa shape index (κ3) is 3.23. The standard InChI is InChI=1S/C24H22FN5O2/c1-3-32-14-8-13-29-15(2)26-22-20(24(29)31)21-23(28-18-11-6-5-10-17(18)27-21)30(22)19-12-7-4-9-16(19)25/h4-7,9-12H,3,8,13-14H2,1-2H3. The predicted octanol–water partition coefficient (Wildman–Crippen LogP) is 4.16. The number of ether oxygens (including phenoxy) is 1. The quantitative estimate of drug-likeness (QED) is 0.378. The van der Waals surface area contributed by atoms with Crippen molar-refractivity contribution in [1.82, 2.24) is 24.1 Å². The van der Waals surface area contributed by atoms with Gasteiger partial charge >= 0.3 is 0 Å². The van der Waals surface area contributed by atoms with E-state index >= 15 is 0 Å². The van der Waals surface area contributed by atoms with Crippen LogP contribution in [0.5, 0.6) is 0 Å². The number of para-hydroxylation sites is 3. The molecular formula is C24H22FN5O2. The molecule has 0 saturated heterocycles. The highest BCUT2D eigenvalue weighted by Crippen LogP contribution is 2.29. The minimum absolute atomic E-state index is 0.214. The van der Waals surface area contributed by atoms with Gasteiger partial charge in [-0.25, -0.2) is 19.3 Å². The molecule has 0 aliphatic carbocycles. The normalized spacial score (nSPS) is 11.7. The van der Waals surface area contributed by atoms with Gasteiger partial charge in [0.25, 0.3) is 5.56 Å². The largest absolute Gasteiger partial charge is 0.382 e. The van der Waals surface area contributed by atoms with Gasteiger partial charge in [-0.05, 0) is 44.5 Å². The molecule has 0 atom stereocenters. The Bertz CT molecular complexity index is 1520. The fourth-order valence-corrected chi connectivity index (χ4v) is 4.02. The SMILES string of the molecule is CCOCCCn1c(C)nc2c(c1=O)c1nc3ccccc3nc1n2-c1ccccc1F. The predicted molar refractivity (Wildman–Crippen MR) is 122 cm³/mol. The molecule has 0 radical (unpaired) electrons. The lowest BCUT2D eigenvalue weighted by molar-refractivity contribution is 0.141. The van der Waals surface area contributed by atoms with Crippen LogP contribution >= 0.6 is 0 Å². The summed E-state index contributed by atoms with van der Waals surface area (Å²) < 4.78 is 23.5. The first-order chi connectivity index (χ1) is 15.6. The van der Waals surface area contributed by atoms with Crippen molar-refractivity contribution < 1.29 is 9.13 Å². The summed E-state index contributed by atoms with van der Waals surface area (Å²) in [6.07, 6.45) is 0.683. The van der Waals surface area contributed by atoms with Crippen molar-refractivity contribution in [2.45, 2.75) is 26.8 Å². The summed E-state index contributed by atoms with van der Waals surface area (Å²) in [5.74, 6) is 0.116. The first kappa shape index (κ1) is 20.3. The van der Waals surface area contributed by atoms with Crippen molar-refractivity contribution in [3.8, 4) is 5.69 Å². The molecule has 0 amide bonds. The Balaban J connectivity index is 1.86. The van der Waals surface area contributed by atoms with Crippen molar-refractivity contribution in [2.24, 2.45) is 0 Å². The highest BCUT2D eigenvalue weighted by molar-refractivity contribution is 6.05. The molecule has 0 bridgehead atoms. The molecule has 2 aromatic carbocycles. The molecule has 8 heteroatoms. The third-order valence-corrected chi connectivity index (χ3v) is 5.52. The lowest BCUT2D eigenvalue weighted by Crippen LogP contribution is -2.24. The van der Waals surface area contributed by atoms with Gasteiger partial charge in [0.05, 0.1) is 16.7 Å². The zero-order chi connectivity index (χ0) is 22.2. The van der Waals surface area contributed by atoms with Crippen LogP contribution < -0.4 is 5.56 Å². The van der Waals surface area contributed by atoms with Gasteiger partial charge in [0.2, 0.25) is 0 Å². The summed E-state index contributed by atoms with van der Waals surface area (Å²) in [7, 11) is 0. The highest BCUT2D eigenvalue weighted by atomic mass is 19.1. The Morgan fingerprint density at radius 3 is 2.44 bits per heavy atom. The van der Waals surface area contributed by atoms with Crippen molar-refractivity contribution in [1.29, 1.82) is 0 Å². The Morgan fingerprint density at radius 1 is 0.969 bits per heavy atom. The average Bonchev–Trinajstić information content (AvgIpc) is 3.10. The number of hydrogen-bond acceptors (Lipinski definition) is 5. The summed E-state index contributed by atoms with van der Waals surface area (Å²) in [4.78, 5) is 27.8. The van der Waals surface area contributed by atoms with Gasteiger partial charge < -0.3 is 4.74 Å². The average molecular weight is 431 g/mol. The van der Waals surface area contributed by atoms with Crippen molar-refractivity contribution in [2.75, 3.05) is 13.2 Å². The second kappa shape index (κ2) is 8.12. The fraction of sp³-hybridized carbons (Fsp3) is 0.250. The lowest BCUT2D eigenvalue weighted by atomic mass is 10.3. The van der Waals surface area contributed by atoms with Gasteiger partial charge in [-0.3, -0.25) is 13.9 Å². The summed E-state index contributed by atoms with van der Waals surface area (Å²) >= 11 is 0. The molecule has 3 heterocycles. The van der Waals surface area contributed by atoms with Crippen LogP contribution in [0.3, 0.4) is 0 Å². The van der Waals surface area contributed by atoms with E-state index in [2.05, 4.69) is 0 Å². The minimum atomic E-state index is -0.429. The molecule has 5 rings (SSSR count). The zero-order valence-electron chi connectivity index (χ0n) is 17.9. The van der Waals surface area contributed by atoms with Crippen LogP contribution in [0, 0.1) is 12.7 Å². The van der Waals surface area contributed by atoms with Gasteiger partial charge in [0.15, 0.2) is 11.3 Å². The first-order valence-electron chi connectivity index (χ1n) is 10.6. The Morgan fingerprint density at radius 2 is 1.69 bits per heavy atom. The minimum Gasteiger partial charge on any atom is -0.382 e. The van der Waals surface area contributed by atoms with Crippen LogP contribution in [0.2, 0.25) is 0 Å². The maximum absolute atomic E-state index is 14.8. The molecule has 0 N–H and O–H groups in total.